The van der Waals surface area contributed by atoms with Crippen LogP contribution in [0.25, 0.3) is 10.9 Å². The smallest absolute Gasteiger partial charge is 0.419 e. The maximum Gasteiger partial charge on any atom is 0.419 e. The number of benzene rings is 2. The molecule has 3 heterocycles. The summed E-state index contributed by atoms with van der Waals surface area (Å²) < 4.78 is 24.2. The Morgan fingerprint density at radius 1 is 1.08 bits per heavy atom. The summed E-state index contributed by atoms with van der Waals surface area (Å²) in [5.74, 6) is 0.804. The third-order valence-corrected chi connectivity index (χ3v) is 7.84. The van der Waals surface area contributed by atoms with Crippen LogP contribution in [0, 0.1) is 12.8 Å². The van der Waals surface area contributed by atoms with Gasteiger partial charge >= 0.3 is 12.1 Å². The molecule has 0 saturated carbocycles. The first-order valence-corrected chi connectivity index (χ1v) is 13.6. The second kappa shape index (κ2) is 10.7. The molecule has 1 aromatic heterocycles. The number of likely N-dealkylation sites (tertiary alicyclic amines) is 1. The zero-order valence-electron chi connectivity index (χ0n) is 23.7. The van der Waals surface area contributed by atoms with E-state index >= 15 is 0 Å². The van der Waals surface area contributed by atoms with E-state index in [1.807, 2.05) is 64.1 Å². The first kappa shape index (κ1) is 27.2. The number of hydrogen-bond acceptors (Lipinski definition) is 7. The third kappa shape index (κ3) is 5.28. The SMILES string of the molecule is COC(=O)c1ccc(C2C3CCOC3CCN2Cc2c(OC)cc(C)c3c2ccn3C(=O)OC(C)(C)C)cc1. The van der Waals surface area contributed by atoms with E-state index in [1.165, 1.54) is 7.11 Å². The number of piperidine rings is 1. The fourth-order valence-corrected chi connectivity index (χ4v) is 6.17. The lowest BCUT2D eigenvalue weighted by Crippen LogP contribution is -2.43. The van der Waals surface area contributed by atoms with Crippen molar-refractivity contribution in [2.75, 3.05) is 27.4 Å². The van der Waals surface area contributed by atoms with Gasteiger partial charge in [0.1, 0.15) is 11.4 Å². The zero-order valence-corrected chi connectivity index (χ0v) is 23.7. The number of rotatable bonds is 5. The number of hydrogen-bond donors (Lipinski definition) is 0. The van der Waals surface area contributed by atoms with Gasteiger partial charge in [0.2, 0.25) is 0 Å². The van der Waals surface area contributed by atoms with E-state index < -0.39 is 11.7 Å². The number of nitrogens with zero attached hydrogens (tertiary/aromatic N) is 2. The molecular weight excluding hydrogens is 496 g/mol. The highest BCUT2D eigenvalue weighted by Gasteiger charge is 2.42. The fourth-order valence-electron chi connectivity index (χ4n) is 6.17. The van der Waals surface area contributed by atoms with Crippen LogP contribution in [0.4, 0.5) is 4.79 Å². The van der Waals surface area contributed by atoms with E-state index in [0.29, 0.717) is 18.0 Å². The minimum absolute atomic E-state index is 0.118. The average Bonchev–Trinajstić information content (AvgIpc) is 3.56. The van der Waals surface area contributed by atoms with Gasteiger partial charge in [0.15, 0.2) is 0 Å². The van der Waals surface area contributed by atoms with Crippen molar-refractivity contribution < 1.29 is 28.5 Å². The summed E-state index contributed by atoms with van der Waals surface area (Å²) in [6, 6.07) is 11.8. The fraction of sp³-hybridized carbons (Fsp3) is 0.484. The van der Waals surface area contributed by atoms with Gasteiger partial charge < -0.3 is 18.9 Å². The summed E-state index contributed by atoms with van der Waals surface area (Å²) in [6.45, 7) is 9.85. The highest BCUT2D eigenvalue weighted by atomic mass is 16.6. The Hall–Kier alpha value is -3.36. The molecule has 0 aliphatic carbocycles. The van der Waals surface area contributed by atoms with E-state index in [4.69, 9.17) is 18.9 Å². The number of carbonyl (C=O) groups is 2. The lowest BCUT2D eigenvalue weighted by atomic mass is 9.81. The van der Waals surface area contributed by atoms with Gasteiger partial charge in [0, 0.05) is 48.8 Å². The number of aromatic nitrogens is 1. The van der Waals surface area contributed by atoms with Gasteiger partial charge in [-0.25, -0.2) is 9.59 Å². The van der Waals surface area contributed by atoms with Crippen molar-refractivity contribution in [1.82, 2.24) is 9.47 Å². The van der Waals surface area contributed by atoms with Crippen LogP contribution in [0.15, 0.2) is 42.6 Å². The summed E-state index contributed by atoms with van der Waals surface area (Å²) in [6.07, 6.45) is 3.55. The number of aryl methyl sites for hydroxylation is 1. The van der Waals surface area contributed by atoms with Gasteiger partial charge in [-0.2, -0.15) is 0 Å². The molecule has 3 unspecified atom stereocenters. The Balaban J connectivity index is 1.54. The van der Waals surface area contributed by atoms with Crippen LogP contribution in [0.3, 0.4) is 0 Å². The quantitative estimate of drug-likeness (QED) is 0.378. The number of methoxy groups -OCH3 is 2. The van der Waals surface area contributed by atoms with Crippen molar-refractivity contribution in [3.05, 3.63) is 64.8 Å². The van der Waals surface area contributed by atoms with Crippen LogP contribution in [-0.4, -0.2) is 60.6 Å². The summed E-state index contributed by atoms with van der Waals surface area (Å²) in [5.41, 5.74) is 3.90. The normalized spacial score (nSPS) is 21.5. The Bertz CT molecular complexity index is 1370. The molecule has 2 fully saturated rings. The van der Waals surface area contributed by atoms with Gasteiger partial charge in [-0.1, -0.05) is 12.1 Å². The molecule has 2 aliphatic heterocycles. The zero-order chi connectivity index (χ0) is 27.9. The molecule has 39 heavy (non-hydrogen) atoms. The summed E-state index contributed by atoms with van der Waals surface area (Å²) in [7, 11) is 3.08. The Labute approximate surface area is 229 Å². The van der Waals surface area contributed by atoms with Crippen LogP contribution in [0.5, 0.6) is 5.75 Å². The number of fused-ring (bicyclic) bond motifs is 2. The van der Waals surface area contributed by atoms with Crippen molar-refractivity contribution in [1.29, 1.82) is 0 Å². The minimum atomic E-state index is -0.596. The lowest BCUT2D eigenvalue weighted by Gasteiger charge is -2.43. The molecule has 2 saturated heterocycles. The second-order valence-corrected chi connectivity index (χ2v) is 11.5. The molecule has 0 amide bonds. The molecule has 0 bridgehead atoms. The maximum atomic E-state index is 13.1. The maximum absolute atomic E-state index is 13.1. The average molecular weight is 535 g/mol. The summed E-state index contributed by atoms with van der Waals surface area (Å²) in [5, 5.41) is 0.974. The van der Waals surface area contributed by atoms with Crippen molar-refractivity contribution in [3.63, 3.8) is 0 Å². The molecule has 8 heteroatoms. The molecular formula is C31H38N2O6. The predicted octanol–water partition coefficient (Wildman–Crippen LogP) is 5.88. The number of ether oxygens (including phenoxy) is 4. The van der Waals surface area contributed by atoms with Crippen LogP contribution >= 0.6 is 0 Å². The highest BCUT2D eigenvalue weighted by Crippen LogP contribution is 2.44. The topological polar surface area (TPSA) is 79.2 Å². The lowest BCUT2D eigenvalue weighted by molar-refractivity contribution is -0.00414. The van der Waals surface area contributed by atoms with Gasteiger partial charge in [0.05, 0.1) is 31.4 Å². The molecule has 5 rings (SSSR count). The Morgan fingerprint density at radius 3 is 2.49 bits per heavy atom. The van der Waals surface area contributed by atoms with E-state index in [0.717, 1.165) is 59.3 Å². The summed E-state index contributed by atoms with van der Waals surface area (Å²) in [4.78, 5) is 27.6. The van der Waals surface area contributed by atoms with Crippen molar-refractivity contribution in [2.45, 2.75) is 64.8 Å². The van der Waals surface area contributed by atoms with Crippen molar-refractivity contribution >= 4 is 23.0 Å². The monoisotopic (exact) mass is 534 g/mol. The van der Waals surface area contributed by atoms with Crippen LogP contribution in [0.2, 0.25) is 0 Å². The molecule has 3 aromatic rings. The van der Waals surface area contributed by atoms with Gasteiger partial charge in [-0.15, -0.1) is 0 Å². The molecule has 8 nitrogen and oxygen atoms in total. The van der Waals surface area contributed by atoms with Crippen LogP contribution in [0.1, 0.15) is 66.7 Å². The van der Waals surface area contributed by atoms with E-state index in [9.17, 15) is 9.59 Å². The molecule has 3 atom stereocenters. The first-order chi connectivity index (χ1) is 18.6. The molecule has 208 valence electrons. The van der Waals surface area contributed by atoms with Gasteiger partial charge in [-0.3, -0.25) is 9.47 Å². The standard InChI is InChI=1S/C31H38N2O6/c1-19-17-26(36-5)24(22-11-15-33(27(19)22)30(35)39-31(2,3)4)18-32-14-12-25-23(13-16-38-25)28(32)20-7-9-21(10-8-20)29(34)37-6/h7-11,15,17,23,25,28H,12-14,16,18H2,1-6H3. The van der Waals surface area contributed by atoms with Crippen LogP contribution in [-0.2, 0) is 20.8 Å². The highest BCUT2D eigenvalue weighted by molar-refractivity contribution is 5.95. The Morgan fingerprint density at radius 2 is 1.82 bits per heavy atom. The van der Waals surface area contributed by atoms with E-state index in [1.54, 1.807) is 17.9 Å². The van der Waals surface area contributed by atoms with Gasteiger partial charge in [0.25, 0.3) is 0 Å². The van der Waals surface area contributed by atoms with Gasteiger partial charge in [-0.05, 0) is 75.9 Å². The van der Waals surface area contributed by atoms with Crippen molar-refractivity contribution in [2.24, 2.45) is 5.92 Å². The molecule has 0 spiro atoms. The van der Waals surface area contributed by atoms with E-state index in [-0.39, 0.29) is 18.1 Å². The predicted molar refractivity (Wildman–Crippen MR) is 148 cm³/mol. The van der Waals surface area contributed by atoms with E-state index in [2.05, 4.69) is 4.90 Å². The largest absolute Gasteiger partial charge is 0.496 e. The number of carbonyl (C=O) groups excluding carboxylic acids is 2. The first-order valence-electron chi connectivity index (χ1n) is 13.6. The minimum Gasteiger partial charge on any atom is -0.496 e. The van der Waals surface area contributed by atoms with Crippen molar-refractivity contribution in [3.8, 4) is 5.75 Å². The molecule has 2 aromatic carbocycles. The molecule has 2 aliphatic rings. The Kier molecular flexibility index (Phi) is 7.44. The third-order valence-electron chi connectivity index (χ3n) is 7.84. The second-order valence-electron chi connectivity index (χ2n) is 11.5. The number of esters is 1. The van der Waals surface area contributed by atoms with Crippen LogP contribution < -0.4 is 4.74 Å². The summed E-state index contributed by atoms with van der Waals surface area (Å²) >= 11 is 0. The molecule has 0 N–H and O–H groups in total. The molecule has 0 radical (unpaired) electrons.